The van der Waals surface area contributed by atoms with Crippen molar-refractivity contribution < 1.29 is 8.63 Å². The summed E-state index contributed by atoms with van der Waals surface area (Å²) in [4.78, 5) is 1.74. The molecule has 0 N–H and O–H groups in total. The van der Waals surface area contributed by atoms with Gasteiger partial charge in [0.2, 0.25) is 0 Å². The number of rotatable bonds is 16. The zero-order valence-corrected chi connectivity index (χ0v) is 22.8. The normalized spacial score (nSPS) is 14.5. The van der Waals surface area contributed by atoms with E-state index in [9.17, 15) is 4.21 Å². The Kier molecular flexibility index (Phi) is 13.6. The monoisotopic (exact) mass is 462 g/mol. The van der Waals surface area contributed by atoms with Crippen LogP contribution < -0.4 is 0 Å². The van der Waals surface area contributed by atoms with E-state index >= 15 is 0 Å². The molecule has 4 heteroatoms. The van der Waals surface area contributed by atoms with Crippen molar-refractivity contribution in [3.05, 3.63) is 53.0 Å². The summed E-state index contributed by atoms with van der Waals surface area (Å²) >= 11 is 0. The Balaban J connectivity index is 3.32. The minimum absolute atomic E-state index is 0.101. The molecule has 0 aliphatic carbocycles. The average molecular weight is 463 g/mol. The van der Waals surface area contributed by atoms with Crippen LogP contribution in [0.5, 0.6) is 0 Å². The number of hydrogen-bond acceptors (Lipinski definition) is 2. The van der Waals surface area contributed by atoms with Gasteiger partial charge >= 0.3 is 0 Å². The van der Waals surface area contributed by atoms with E-state index in [1.165, 1.54) is 62.2 Å². The van der Waals surface area contributed by atoms with E-state index in [1.54, 1.807) is 0 Å². The summed E-state index contributed by atoms with van der Waals surface area (Å²) in [6.45, 7) is 17.1. The first-order valence-corrected chi connectivity index (χ1v) is 16.0. The minimum Gasteiger partial charge on any atom is -0.409 e. The van der Waals surface area contributed by atoms with Crippen LogP contribution in [-0.2, 0) is 15.2 Å². The van der Waals surface area contributed by atoms with Crippen molar-refractivity contribution in [2.75, 3.05) is 0 Å². The van der Waals surface area contributed by atoms with Gasteiger partial charge in [0.25, 0.3) is 0 Å². The highest BCUT2D eigenvalue weighted by molar-refractivity contribution is 7.89. The van der Waals surface area contributed by atoms with Crippen molar-refractivity contribution in [3.63, 3.8) is 0 Å². The van der Waals surface area contributed by atoms with Crippen LogP contribution in [-0.4, -0.2) is 18.6 Å². The molecule has 1 aromatic carbocycles. The summed E-state index contributed by atoms with van der Waals surface area (Å²) in [5.74, 6) is 0. The van der Waals surface area contributed by atoms with Gasteiger partial charge < -0.3 is 4.43 Å². The molecule has 0 fully saturated rings. The van der Waals surface area contributed by atoms with Gasteiger partial charge in [0.1, 0.15) is 0 Å². The average Bonchev–Trinajstić information content (AvgIpc) is 2.76. The number of hydrogen-bond donors (Lipinski definition) is 0. The van der Waals surface area contributed by atoms with Crippen LogP contribution in [0, 0.1) is 6.92 Å². The van der Waals surface area contributed by atoms with Crippen LogP contribution in [0.15, 0.2) is 52.3 Å². The van der Waals surface area contributed by atoms with Crippen molar-refractivity contribution in [3.8, 4) is 0 Å². The van der Waals surface area contributed by atoms with Crippen molar-refractivity contribution in [2.24, 2.45) is 0 Å². The standard InChI is InChI=1S/C27H46O2SSi/c1-8-12-19-31(20-13-9-2,21-14-10-3)29-26(11-4)27(22-23(5)6)30(28)25-17-15-24(7)16-18-25/h15-18,22,26H,5,8-14,19-21H2,1-4,6-7H3/b27-22+/t26-,30-/m0/s1. The number of allylic oxidation sites excluding steroid dienone is 2. The largest absolute Gasteiger partial charge is 0.409 e. The van der Waals surface area contributed by atoms with Crippen LogP contribution in [0.3, 0.4) is 0 Å². The third kappa shape index (κ3) is 9.59. The predicted molar refractivity (Wildman–Crippen MR) is 141 cm³/mol. The summed E-state index contributed by atoms with van der Waals surface area (Å²) in [5, 5.41) is 0. The van der Waals surface area contributed by atoms with Gasteiger partial charge in [0.15, 0.2) is 8.32 Å². The van der Waals surface area contributed by atoms with Crippen LogP contribution in [0.1, 0.15) is 85.1 Å². The molecule has 0 aliphatic heterocycles. The molecule has 1 aromatic rings. The molecule has 0 unspecified atom stereocenters. The van der Waals surface area contributed by atoms with Gasteiger partial charge in [-0.3, -0.25) is 0 Å². The maximum atomic E-state index is 13.7. The Morgan fingerprint density at radius 3 is 1.87 bits per heavy atom. The van der Waals surface area contributed by atoms with Gasteiger partial charge in [-0.2, -0.15) is 0 Å². The first kappa shape index (κ1) is 28.1. The fourth-order valence-corrected chi connectivity index (χ4v) is 10.5. The summed E-state index contributed by atoms with van der Waals surface area (Å²) in [7, 11) is -3.15. The Morgan fingerprint density at radius 2 is 1.48 bits per heavy atom. The van der Waals surface area contributed by atoms with Crippen molar-refractivity contribution in [1.82, 2.24) is 0 Å². The molecular weight excluding hydrogens is 416 g/mol. The number of unbranched alkanes of at least 4 members (excludes halogenated alkanes) is 3. The molecule has 0 bridgehead atoms. The lowest BCUT2D eigenvalue weighted by atomic mass is 10.2. The summed E-state index contributed by atoms with van der Waals surface area (Å²) < 4.78 is 20.8. The zero-order valence-electron chi connectivity index (χ0n) is 21.0. The molecule has 0 aromatic heterocycles. The lowest BCUT2D eigenvalue weighted by molar-refractivity contribution is 0.220. The van der Waals surface area contributed by atoms with Gasteiger partial charge in [-0.1, -0.05) is 96.1 Å². The molecule has 2 nitrogen and oxygen atoms in total. The van der Waals surface area contributed by atoms with E-state index in [2.05, 4.69) is 41.2 Å². The number of aryl methyl sites for hydroxylation is 1. The lowest BCUT2D eigenvalue weighted by Gasteiger charge is -2.36. The quantitative estimate of drug-likeness (QED) is 0.181. The Bertz CT molecular complexity index is 687. The maximum absolute atomic E-state index is 13.7. The Hall–Kier alpha value is -0.973. The predicted octanol–water partition coefficient (Wildman–Crippen LogP) is 8.70. The second kappa shape index (κ2) is 15.0. The topological polar surface area (TPSA) is 26.3 Å². The summed E-state index contributed by atoms with van der Waals surface area (Å²) in [6.07, 6.45) is 10.1. The summed E-state index contributed by atoms with van der Waals surface area (Å²) in [6, 6.07) is 11.7. The molecule has 0 heterocycles. The fourth-order valence-electron chi connectivity index (χ4n) is 4.00. The molecule has 1 rings (SSSR count). The van der Waals surface area contributed by atoms with E-state index in [-0.39, 0.29) is 6.10 Å². The van der Waals surface area contributed by atoms with Gasteiger partial charge in [0.05, 0.1) is 16.9 Å². The molecular formula is C27H46O2SSi. The van der Waals surface area contributed by atoms with Crippen LogP contribution in [0.25, 0.3) is 0 Å². The molecule has 0 radical (unpaired) electrons. The Labute approximate surface area is 196 Å². The van der Waals surface area contributed by atoms with E-state index in [4.69, 9.17) is 4.43 Å². The second-order valence-electron chi connectivity index (χ2n) is 8.98. The molecule has 0 aliphatic rings. The van der Waals surface area contributed by atoms with Gasteiger partial charge in [-0.15, -0.1) is 0 Å². The van der Waals surface area contributed by atoms with Crippen LogP contribution in [0.2, 0.25) is 18.1 Å². The van der Waals surface area contributed by atoms with Crippen molar-refractivity contribution in [1.29, 1.82) is 0 Å². The molecule has 0 amide bonds. The highest BCUT2D eigenvalue weighted by Gasteiger charge is 2.37. The minimum atomic E-state index is -1.92. The molecule has 0 spiro atoms. The van der Waals surface area contributed by atoms with E-state index in [1.807, 2.05) is 37.3 Å². The highest BCUT2D eigenvalue weighted by Crippen LogP contribution is 2.34. The first-order valence-electron chi connectivity index (χ1n) is 12.4. The van der Waals surface area contributed by atoms with Crippen LogP contribution in [0.4, 0.5) is 0 Å². The first-order chi connectivity index (χ1) is 14.8. The van der Waals surface area contributed by atoms with Crippen molar-refractivity contribution >= 4 is 19.1 Å². The van der Waals surface area contributed by atoms with E-state index < -0.39 is 19.1 Å². The highest BCUT2D eigenvalue weighted by atomic mass is 32.2. The van der Waals surface area contributed by atoms with Gasteiger partial charge in [-0.25, -0.2) is 4.21 Å². The lowest BCUT2D eigenvalue weighted by Crippen LogP contribution is -2.42. The molecule has 0 saturated carbocycles. The smallest absolute Gasteiger partial charge is 0.193 e. The van der Waals surface area contributed by atoms with Gasteiger partial charge in [0, 0.05) is 9.80 Å². The van der Waals surface area contributed by atoms with Crippen molar-refractivity contribution in [2.45, 2.75) is 116 Å². The fraction of sp³-hybridized carbons (Fsp3) is 0.630. The summed E-state index contributed by atoms with van der Waals surface area (Å²) in [5.41, 5.74) is 2.11. The van der Waals surface area contributed by atoms with E-state index in [0.717, 1.165) is 21.8 Å². The third-order valence-electron chi connectivity index (χ3n) is 5.88. The molecule has 176 valence electrons. The molecule has 0 saturated heterocycles. The van der Waals surface area contributed by atoms with Gasteiger partial charge in [-0.05, 0) is 56.6 Å². The Morgan fingerprint density at radius 1 is 1.00 bits per heavy atom. The number of benzene rings is 1. The maximum Gasteiger partial charge on any atom is 0.193 e. The molecule has 2 atom stereocenters. The SMILES string of the molecule is C=C(C)/C=C(\[C@H](CC)O[Si](CCCC)(CCCC)CCCC)[S@@](=O)c1ccc(C)cc1. The second-order valence-corrected chi connectivity index (χ2v) is 14.6. The van der Waals surface area contributed by atoms with E-state index in [0.29, 0.717) is 0 Å². The van der Waals surface area contributed by atoms with Crippen LogP contribution >= 0.6 is 0 Å². The third-order valence-corrected chi connectivity index (χ3v) is 12.0. The zero-order chi connectivity index (χ0) is 23.3. The molecule has 31 heavy (non-hydrogen) atoms.